The number of nitriles is 1. The lowest BCUT2D eigenvalue weighted by molar-refractivity contribution is 0.978. The number of aliphatic imine (C=N–C) groups is 1. The first-order valence-corrected chi connectivity index (χ1v) is 4.22. The first-order valence-electron chi connectivity index (χ1n) is 4.22. The van der Waals surface area contributed by atoms with Gasteiger partial charge in [-0.2, -0.15) is 5.26 Å². The van der Waals surface area contributed by atoms with Gasteiger partial charge in [0.2, 0.25) is 0 Å². The zero-order valence-electron chi connectivity index (χ0n) is 8.17. The molecule has 0 saturated heterocycles. The summed E-state index contributed by atoms with van der Waals surface area (Å²) in [7, 11) is 0. The van der Waals surface area contributed by atoms with Crippen LogP contribution in [-0.2, 0) is 0 Å². The second-order valence-corrected chi connectivity index (χ2v) is 2.67. The van der Waals surface area contributed by atoms with Crippen molar-refractivity contribution in [2.24, 2.45) is 10.7 Å². The van der Waals surface area contributed by atoms with Gasteiger partial charge < -0.3 is 5.73 Å². The summed E-state index contributed by atoms with van der Waals surface area (Å²) in [5, 5.41) is 8.65. The highest BCUT2D eigenvalue weighted by Crippen LogP contribution is 2.05. The van der Waals surface area contributed by atoms with Crippen LogP contribution in [0.3, 0.4) is 0 Å². The van der Waals surface area contributed by atoms with Gasteiger partial charge in [-0.05, 0) is 19.4 Å². The molecule has 0 atom stereocenters. The van der Waals surface area contributed by atoms with Crippen LogP contribution in [0.4, 0.5) is 0 Å². The normalized spacial score (nSPS) is 13.2. The summed E-state index contributed by atoms with van der Waals surface area (Å²) < 4.78 is 0. The zero-order valence-corrected chi connectivity index (χ0v) is 8.17. The smallest absolute Gasteiger partial charge is 0.101 e. The van der Waals surface area contributed by atoms with Gasteiger partial charge >= 0.3 is 0 Å². The summed E-state index contributed by atoms with van der Waals surface area (Å²) in [5.74, 6) is 0.564. The van der Waals surface area contributed by atoms with Crippen LogP contribution >= 0.6 is 0 Å². The Morgan fingerprint density at radius 1 is 1.69 bits per heavy atom. The van der Waals surface area contributed by atoms with Crippen LogP contribution in [0.15, 0.2) is 28.9 Å². The van der Waals surface area contributed by atoms with Crippen molar-refractivity contribution < 1.29 is 0 Å². The van der Waals surface area contributed by atoms with Crippen molar-refractivity contribution in [1.29, 1.82) is 5.26 Å². The molecule has 0 rings (SSSR count). The zero-order chi connectivity index (χ0) is 10.3. The molecule has 0 aliphatic heterocycles. The summed E-state index contributed by atoms with van der Waals surface area (Å²) in [6, 6.07) is 2.00. The first-order chi connectivity index (χ1) is 6.15. The van der Waals surface area contributed by atoms with Gasteiger partial charge in [0.15, 0.2) is 0 Å². The highest BCUT2D eigenvalue weighted by atomic mass is 14.9. The van der Waals surface area contributed by atoms with Crippen molar-refractivity contribution in [3.05, 3.63) is 23.9 Å². The van der Waals surface area contributed by atoms with Gasteiger partial charge in [0.25, 0.3) is 0 Å². The third kappa shape index (κ3) is 4.12. The molecular formula is C10H15N3. The van der Waals surface area contributed by atoms with E-state index in [1.54, 1.807) is 6.92 Å². The van der Waals surface area contributed by atoms with Crippen LogP contribution < -0.4 is 5.73 Å². The quantitative estimate of drug-likeness (QED) is 0.309. The van der Waals surface area contributed by atoms with Crippen LogP contribution in [0.1, 0.15) is 26.7 Å². The topological polar surface area (TPSA) is 62.2 Å². The molecule has 0 radical (unpaired) electrons. The summed E-state index contributed by atoms with van der Waals surface area (Å²) in [6.45, 7) is 7.30. The lowest BCUT2D eigenvalue weighted by Crippen LogP contribution is -2.10. The van der Waals surface area contributed by atoms with Crippen molar-refractivity contribution in [3.8, 4) is 6.07 Å². The Kier molecular flexibility index (Phi) is 5.29. The second-order valence-electron chi connectivity index (χ2n) is 2.67. The molecule has 0 heterocycles. The molecule has 13 heavy (non-hydrogen) atoms. The number of hydrogen-bond acceptors (Lipinski definition) is 2. The number of nitrogens with zero attached hydrogens (tertiary/aromatic N) is 2. The molecule has 0 saturated carbocycles. The maximum atomic E-state index is 8.65. The summed E-state index contributed by atoms with van der Waals surface area (Å²) >= 11 is 0. The van der Waals surface area contributed by atoms with E-state index in [9.17, 15) is 0 Å². The van der Waals surface area contributed by atoms with Gasteiger partial charge in [0.05, 0.1) is 17.1 Å². The molecule has 70 valence electrons. The molecular weight excluding hydrogens is 162 g/mol. The Hall–Kier alpha value is -1.56. The molecule has 0 amide bonds. The van der Waals surface area contributed by atoms with Gasteiger partial charge in [-0.15, -0.1) is 0 Å². The van der Waals surface area contributed by atoms with Crippen molar-refractivity contribution >= 4 is 5.84 Å². The SMILES string of the molecule is C=C/C(C#N)=C(/C)N=C(N)CCC. The predicted molar refractivity (Wildman–Crippen MR) is 55.0 cm³/mol. The maximum absolute atomic E-state index is 8.65. The fourth-order valence-electron chi connectivity index (χ4n) is 0.862. The highest BCUT2D eigenvalue weighted by Gasteiger charge is 1.96. The Balaban J connectivity index is 4.70. The highest BCUT2D eigenvalue weighted by molar-refractivity contribution is 5.81. The molecule has 0 spiro atoms. The van der Waals surface area contributed by atoms with E-state index in [-0.39, 0.29) is 0 Å². The molecule has 0 aromatic heterocycles. The number of hydrogen-bond donors (Lipinski definition) is 1. The largest absolute Gasteiger partial charge is 0.387 e. The lowest BCUT2D eigenvalue weighted by atomic mass is 10.2. The third-order valence-electron chi connectivity index (χ3n) is 1.53. The van der Waals surface area contributed by atoms with E-state index in [4.69, 9.17) is 11.0 Å². The first kappa shape index (κ1) is 11.4. The van der Waals surface area contributed by atoms with Crippen LogP contribution in [0.25, 0.3) is 0 Å². The second kappa shape index (κ2) is 6.01. The molecule has 0 bridgehead atoms. The molecule has 0 fully saturated rings. The predicted octanol–water partition coefficient (Wildman–Crippen LogP) is 2.13. The van der Waals surface area contributed by atoms with E-state index in [2.05, 4.69) is 11.6 Å². The number of allylic oxidation sites excluding steroid dienone is 3. The minimum absolute atomic E-state index is 0.471. The Bertz CT molecular complexity index is 279. The van der Waals surface area contributed by atoms with Crippen LogP contribution in [0, 0.1) is 11.3 Å². The summed E-state index contributed by atoms with van der Waals surface area (Å²) in [5.41, 5.74) is 6.70. The Labute approximate surface area is 79.3 Å². The van der Waals surface area contributed by atoms with Gasteiger partial charge in [0, 0.05) is 6.42 Å². The number of nitrogens with two attached hydrogens (primary N) is 1. The standard InChI is InChI=1S/C10H15N3/c1-4-6-10(12)13-8(3)9(5-2)7-11/h5H,2,4,6H2,1,3H3,(H2,12,13)/b9-8+. The van der Waals surface area contributed by atoms with Gasteiger partial charge in [-0.25, -0.2) is 4.99 Å². The van der Waals surface area contributed by atoms with Gasteiger partial charge in [-0.3, -0.25) is 0 Å². The van der Waals surface area contributed by atoms with Gasteiger partial charge in [-0.1, -0.05) is 13.5 Å². The van der Waals surface area contributed by atoms with Crippen LogP contribution in [0.5, 0.6) is 0 Å². The maximum Gasteiger partial charge on any atom is 0.101 e. The van der Waals surface area contributed by atoms with E-state index in [0.29, 0.717) is 17.1 Å². The molecule has 0 aromatic rings. The average Bonchev–Trinajstić information content (AvgIpc) is 2.06. The molecule has 0 aliphatic carbocycles. The fraction of sp³-hybridized carbons (Fsp3) is 0.400. The molecule has 3 heteroatoms. The minimum Gasteiger partial charge on any atom is -0.387 e. The van der Waals surface area contributed by atoms with E-state index < -0.39 is 0 Å². The summed E-state index contributed by atoms with van der Waals surface area (Å²) in [4.78, 5) is 4.09. The molecule has 3 nitrogen and oxygen atoms in total. The summed E-state index contributed by atoms with van der Waals surface area (Å²) in [6.07, 6.45) is 3.20. The van der Waals surface area contributed by atoms with Crippen molar-refractivity contribution in [3.63, 3.8) is 0 Å². The Morgan fingerprint density at radius 3 is 2.69 bits per heavy atom. The fourth-order valence-corrected chi connectivity index (χ4v) is 0.862. The number of amidine groups is 1. The molecule has 0 aromatic carbocycles. The van der Waals surface area contributed by atoms with Crippen molar-refractivity contribution in [2.75, 3.05) is 0 Å². The van der Waals surface area contributed by atoms with Crippen LogP contribution in [0.2, 0.25) is 0 Å². The van der Waals surface area contributed by atoms with Crippen molar-refractivity contribution in [2.45, 2.75) is 26.7 Å². The number of rotatable bonds is 4. The third-order valence-corrected chi connectivity index (χ3v) is 1.53. The van der Waals surface area contributed by atoms with Gasteiger partial charge in [0.1, 0.15) is 6.07 Å². The Morgan fingerprint density at radius 2 is 2.31 bits per heavy atom. The molecule has 0 unspecified atom stereocenters. The lowest BCUT2D eigenvalue weighted by Gasteiger charge is -1.98. The van der Waals surface area contributed by atoms with E-state index >= 15 is 0 Å². The molecule has 2 N–H and O–H groups in total. The van der Waals surface area contributed by atoms with Crippen LogP contribution in [-0.4, -0.2) is 5.84 Å². The monoisotopic (exact) mass is 177 g/mol. The van der Waals surface area contributed by atoms with E-state index in [1.807, 2.05) is 13.0 Å². The molecule has 0 aliphatic rings. The minimum atomic E-state index is 0.471. The average molecular weight is 177 g/mol. The van der Waals surface area contributed by atoms with Crippen molar-refractivity contribution in [1.82, 2.24) is 0 Å². The van der Waals surface area contributed by atoms with E-state index in [1.165, 1.54) is 6.08 Å². The van der Waals surface area contributed by atoms with E-state index in [0.717, 1.165) is 12.8 Å².